The molecule has 0 spiro atoms. The van der Waals surface area contributed by atoms with Gasteiger partial charge in [-0.25, -0.2) is 0 Å². The quantitative estimate of drug-likeness (QED) is 0.173. The van der Waals surface area contributed by atoms with Crippen LogP contribution in [0.5, 0.6) is 23.0 Å². The van der Waals surface area contributed by atoms with E-state index in [9.17, 15) is 10.2 Å². The van der Waals surface area contributed by atoms with Gasteiger partial charge in [-0.2, -0.15) is 0 Å². The minimum absolute atomic E-state index is 0. The Morgan fingerprint density at radius 1 is 0.386 bits per heavy atom. The summed E-state index contributed by atoms with van der Waals surface area (Å²) in [5.41, 5.74) is 12.1. The van der Waals surface area contributed by atoms with E-state index in [0.29, 0.717) is 25.7 Å². The van der Waals surface area contributed by atoms with E-state index in [1.807, 2.05) is 0 Å². The Morgan fingerprint density at radius 2 is 0.643 bits per heavy atom. The molecule has 0 aromatic heterocycles. The third-order valence-electron chi connectivity index (χ3n) is 14.2. The van der Waals surface area contributed by atoms with Crippen molar-refractivity contribution in [3.63, 3.8) is 0 Å². The third kappa shape index (κ3) is 13.2. The van der Waals surface area contributed by atoms with Gasteiger partial charge < -0.3 is 19.1 Å². The maximum atomic E-state index is 12.2. The van der Waals surface area contributed by atoms with Crippen molar-refractivity contribution >= 4 is 48.3 Å². The molecule has 0 amide bonds. The predicted octanol–water partition coefficient (Wildman–Crippen LogP) is 14.8. The number of phenols is 2. The summed E-state index contributed by atoms with van der Waals surface area (Å²) >= 11 is 0. The van der Waals surface area contributed by atoms with Crippen LogP contribution in [0.25, 0.3) is 0 Å². The largest absolute Gasteiger partial charge is 0.512 e. The number of fused-ring (bicyclic) bond motifs is 2. The van der Waals surface area contributed by atoms with Gasteiger partial charge in [0.1, 0.15) is 23.0 Å². The van der Waals surface area contributed by atoms with E-state index in [1.54, 1.807) is 15.6 Å². The smallest absolute Gasteiger partial charge is 0.454 e. The normalized spacial score (nSPS) is 15.2. The van der Waals surface area contributed by atoms with E-state index >= 15 is 0 Å². The van der Waals surface area contributed by atoms with Crippen LogP contribution in [0.2, 0.25) is 72.0 Å². The monoisotopic (exact) mass is 1050 g/mol. The summed E-state index contributed by atoms with van der Waals surface area (Å²) in [6, 6.07) is 25.4. The molecule has 9 heteroatoms. The van der Waals surface area contributed by atoms with Crippen molar-refractivity contribution in [3.05, 3.63) is 133 Å². The Hall–Kier alpha value is -3.12. The maximum Gasteiger partial charge on any atom is 0.454 e. The van der Waals surface area contributed by atoms with E-state index in [-0.39, 0.29) is 54.9 Å². The minimum atomic E-state index is -2.83. The van der Waals surface area contributed by atoms with Crippen molar-refractivity contribution in [2.45, 2.75) is 202 Å². The summed E-state index contributed by atoms with van der Waals surface area (Å²) in [7, 11) is -6.48. The summed E-state index contributed by atoms with van der Waals surface area (Å²) in [6.45, 7) is 53.4. The van der Waals surface area contributed by atoms with Crippen LogP contribution in [-0.2, 0) is 69.1 Å². The number of aromatic hydroxyl groups is 2. The van der Waals surface area contributed by atoms with Crippen molar-refractivity contribution in [1.29, 1.82) is 0 Å². The first kappa shape index (κ1) is 57.8. The minimum Gasteiger partial charge on any atom is -0.512 e. The predicted molar refractivity (Wildman–Crippen MR) is 309 cm³/mol. The van der Waals surface area contributed by atoms with Crippen LogP contribution in [0.4, 0.5) is 0 Å². The maximum absolute atomic E-state index is 12.2. The molecule has 1 aliphatic carbocycles. The van der Waals surface area contributed by atoms with Crippen molar-refractivity contribution in [2.24, 2.45) is 0 Å². The molecule has 0 atom stereocenters. The van der Waals surface area contributed by atoms with E-state index in [0.717, 1.165) is 67.1 Å². The average molecular weight is 1050 g/mol. The molecule has 8 rings (SSSR count). The number of hydrogen-bond acceptors (Lipinski definition) is 4. The Bertz CT molecular complexity index is 2610. The summed E-state index contributed by atoms with van der Waals surface area (Å²) < 4.78 is 14.2. The molecule has 10 bridgehead atoms. The van der Waals surface area contributed by atoms with Crippen LogP contribution >= 0.6 is 0 Å². The molecule has 2 N–H and O–H groups in total. The van der Waals surface area contributed by atoms with Gasteiger partial charge in [-0.15, -0.1) is 0 Å². The Labute approximate surface area is 445 Å². The van der Waals surface area contributed by atoms with E-state index in [1.165, 1.54) is 11.1 Å². The molecule has 3 aliphatic rings. The van der Waals surface area contributed by atoms with Crippen LogP contribution in [-0.4, -0.2) is 43.0 Å². The molecule has 0 saturated carbocycles. The zero-order valence-corrected chi connectivity index (χ0v) is 53.5. The van der Waals surface area contributed by atoms with Crippen LogP contribution in [0.1, 0.15) is 150 Å². The molecule has 0 saturated heterocycles. The number of hydrogen-bond donors (Lipinski definition) is 2. The first-order chi connectivity index (χ1) is 31.1. The molecular formula is C61H90O4Si4Ti. The fourth-order valence-electron chi connectivity index (χ4n) is 9.71. The van der Waals surface area contributed by atoms with Gasteiger partial charge in [0.05, 0.1) is 24.2 Å². The van der Waals surface area contributed by atoms with Gasteiger partial charge in [0.2, 0.25) is 0 Å². The summed E-state index contributed by atoms with van der Waals surface area (Å²) in [5.74, 6) is 2.35. The topological polar surface area (TPSA) is 58.9 Å². The van der Waals surface area contributed by atoms with Crippen molar-refractivity contribution in [3.8, 4) is 23.0 Å². The fraction of sp³-hybridized carbons (Fsp3) is 0.508. The second-order valence-corrected chi connectivity index (χ2v) is 46.7. The first-order valence-electron chi connectivity index (χ1n) is 25.7. The van der Waals surface area contributed by atoms with E-state index in [4.69, 9.17) is 8.85 Å². The van der Waals surface area contributed by atoms with Gasteiger partial charge in [-0.3, -0.25) is 0 Å². The summed E-state index contributed by atoms with van der Waals surface area (Å²) in [6.07, 6.45) is 2.10. The van der Waals surface area contributed by atoms with Gasteiger partial charge >= 0.3 is 8.56 Å². The average Bonchev–Trinajstić information content (AvgIpc) is 3.16. The Morgan fingerprint density at radius 3 is 0.900 bits per heavy atom. The second-order valence-electron chi connectivity index (χ2n) is 28.4. The molecule has 0 unspecified atom stereocenters. The van der Waals surface area contributed by atoms with Gasteiger partial charge in [-0.1, -0.05) is 224 Å². The van der Waals surface area contributed by atoms with Crippen LogP contribution < -0.4 is 24.4 Å². The zero-order chi connectivity index (χ0) is 52.0. The standard InChI is InChI=1S/C46H60O4Si.C15H30Si3.Ti/c1-43(2,3)35-19-27-15-28-20-36(44(4,5)6)22-30(40(28)48)17-32-24-38(46(10,11)12)26-34-18-33-25-37(45(7,8)9)23-31(16-29(21-35)39(27)47)41(33)49-51(13,14)50-42(32)34;1-16(2,3)13-10-11-14(17(4,5)6)15(12-13)18(7,8)9;/h19-26,47-48H,15-18H2,1-14H3;10-12H,1-9H3;. The fourth-order valence-corrected chi connectivity index (χ4v) is 17.8. The molecule has 5 aromatic rings. The Balaban J connectivity index is 0.000000406. The molecule has 378 valence electrons. The molecule has 2 heterocycles. The van der Waals surface area contributed by atoms with Crippen molar-refractivity contribution < 1.29 is 40.8 Å². The molecule has 2 aliphatic heterocycles. The van der Waals surface area contributed by atoms with Crippen LogP contribution in [0.3, 0.4) is 0 Å². The van der Waals surface area contributed by atoms with Crippen molar-refractivity contribution in [2.75, 3.05) is 0 Å². The SMILES string of the molecule is CC(C)(C)c1cc2c(O)c(c1)Cc1cc(C(C)(C)C)cc3c1O[Si](C)(C)Oc1c(cc(C(C)(C)C)cc1C3)Cc1cc(C(C)(C)C)cc(c1O)C2.C[Si](C)(C)c1ccc([Si](C)(C)C)c([Si](C)(C)C)c1.[Ti]. The molecule has 0 fully saturated rings. The first-order valence-corrected chi connectivity index (χ1v) is 39.0. The van der Waals surface area contributed by atoms with Crippen LogP contribution in [0, 0.1) is 0 Å². The third-order valence-corrected chi connectivity index (χ3v) is 22.0. The van der Waals surface area contributed by atoms with Crippen LogP contribution in [0.15, 0.2) is 66.7 Å². The van der Waals surface area contributed by atoms with Gasteiger partial charge in [0, 0.05) is 60.5 Å². The van der Waals surface area contributed by atoms with Gasteiger partial charge in [0.15, 0.2) is 0 Å². The molecule has 4 nitrogen and oxygen atoms in total. The van der Waals surface area contributed by atoms with Gasteiger partial charge in [-0.05, 0) is 88.4 Å². The van der Waals surface area contributed by atoms with Gasteiger partial charge in [0.25, 0.3) is 0 Å². The Kier molecular flexibility index (Phi) is 16.2. The number of benzene rings is 5. The summed E-state index contributed by atoms with van der Waals surface area (Å²) in [4.78, 5) is 0. The summed E-state index contributed by atoms with van der Waals surface area (Å²) in [5, 5.41) is 29.4. The van der Waals surface area contributed by atoms with Crippen molar-refractivity contribution in [1.82, 2.24) is 0 Å². The molecule has 70 heavy (non-hydrogen) atoms. The van der Waals surface area contributed by atoms with E-state index in [2.05, 4.69) is 222 Å². The number of phenolic OH excluding ortho intramolecular Hbond substituents is 2. The van der Waals surface area contributed by atoms with E-state index < -0.39 is 32.8 Å². The zero-order valence-electron chi connectivity index (χ0n) is 47.9. The molecule has 0 radical (unpaired) electrons. The number of rotatable bonds is 3. The molecule has 5 aromatic carbocycles. The molecular weight excluding hydrogens is 957 g/mol. The second kappa shape index (κ2) is 19.6.